The molecular formula is C10H7BrN4. The predicted molar refractivity (Wildman–Crippen MR) is 62.6 cm³/mol. The normalized spacial score (nSPS) is 11.3. The van der Waals surface area contributed by atoms with Gasteiger partial charge in [0.05, 0.1) is 9.99 Å². The molecule has 0 aliphatic heterocycles. The van der Waals surface area contributed by atoms with Crippen LogP contribution in [0.5, 0.6) is 0 Å². The van der Waals surface area contributed by atoms with Crippen LogP contribution in [0.2, 0.25) is 0 Å². The van der Waals surface area contributed by atoms with E-state index in [-0.39, 0.29) is 0 Å². The van der Waals surface area contributed by atoms with Gasteiger partial charge in [0.1, 0.15) is 5.65 Å². The van der Waals surface area contributed by atoms with Crippen molar-refractivity contribution in [1.29, 1.82) is 0 Å². The summed E-state index contributed by atoms with van der Waals surface area (Å²) in [5.41, 5.74) is 7.63. The summed E-state index contributed by atoms with van der Waals surface area (Å²) in [6, 6.07) is 5.80. The Morgan fingerprint density at radius 3 is 2.93 bits per heavy atom. The van der Waals surface area contributed by atoms with Gasteiger partial charge in [-0.05, 0) is 34.1 Å². The number of pyridine rings is 1. The number of nitrogens with two attached hydrogens (primary N) is 1. The first-order valence-corrected chi connectivity index (χ1v) is 5.23. The zero-order chi connectivity index (χ0) is 10.4. The van der Waals surface area contributed by atoms with Crippen LogP contribution in [0.1, 0.15) is 0 Å². The monoisotopic (exact) mass is 262 g/mol. The van der Waals surface area contributed by atoms with Gasteiger partial charge in [-0.2, -0.15) is 0 Å². The molecule has 3 heterocycles. The van der Waals surface area contributed by atoms with Crippen molar-refractivity contribution in [2.75, 3.05) is 5.73 Å². The van der Waals surface area contributed by atoms with E-state index in [0.29, 0.717) is 5.95 Å². The summed E-state index contributed by atoms with van der Waals surface area (Å²) in [6.45, 7) is 0. The molecule has 0 atom stereocenters. The van der Waals surface area contributed by atoms with Gasteiger partial charge in [0.2, 0.25) is 5.95 Å². The number of fused-ring (bicyclic) bond motifs is 3. The maximum Gasteiger partial charge on any atom is 0.206 e. The van der Waals surface area contributed by atoms with Crippen LogP contribution in [-0.2, 0) is 0 Å². The van der Waals surface area contributed by atoms with Crippen molar-refractivity contribution in [2.45, 2.75) is 0 Å². The SMILES string of the molecule is Nc1nccc2c(Br)c3cccnc3n12. The third kappa shape index (κ3) is 1.07. The van der Waals surface area contributed by atoms with E-state index in [0.717, 1.165) is 21.0 Å². The highest BCUT2D eigenvalue weighted by molar-refractivity contribution is 9.10. The lowest BCUT2D eigenvalue weighted by Gasteiger charge is -1.98. The number of nitrogens with zero attached hydrogens (tertiary/aromatic N) is 3. The fourth-order valence-corrected chi connectivity index (χ4v) is 2.34. The van der Waals surface area contributed by atoms with Gasteiger partial charge in [-0.25, -0.2) is 9.97 Å². The van der Waals surface area contributed by atoms with E-state index in [1.807, 2.05) is 22.6 Å². The van der Waals surface area contributed by atoms with E-state index < -0.39 is 0 Å². The topological polar surface area (TPSA) is 56.2 Å². The van der Waals surface area contributed by atoms with Crippen LogP contribution in [0.3, 0.4) is 0 Å². The maximum absolute atomic E-state index is 5.83. The molecule has 0 saturated carbocycles. The second-order valence-corrected chi connectivity index (χ2v) is 4.01. The van der Waals surface area contributed by atoms with Gasteiger partial charge in [-0.3, -0.25) is 4.40 Å². The predicted octanol–water partition coefficient (Wildman–Crippen LogP) is 2.23. The first kappa shape index (κ1) is 8.67. The molecule has 0 aromatic carbocycles. The van der Waals surface area contributed by atoms with Crippen molar-refractivity contribution in [1.82, 2.24) is 14.4 Å². The minimum Gasteiger partial charge on any atom is -0.369 e. The standard InChI is InChI=1S/C10H7BrN4/c11-8-6-2-1-4-13-9(6)15-7(8)3-5-14-10(15)12/h1-5H,(H2,12,14). The zero-order valence-corrected chi connectivity index (χ0v) is 9.27. The fourth-order valence-electron chi connectivity index (χ4n) is 1.72. The largest absolute Gasteiger partial charge is 0.369 e. The van der Waals surface area contributed by atoms with E-state index in [9.17, 15) is 0 Å². The van der Waals surface area contributed by atoms with E-state index in [4.69, 9.17) is 5.73 Å². The molecule has 0 spiro atoms. The lowest BCUT2D eigenvalue weighted by Crippen LogP contribution is -1.99. The third-order valence-corrected chi connectivity index (χ3v) is 3.20. The Morgan fingerprint density at radius 2 is 2.07 bits per heavy atom. The van der Waals surface area contributed by atoms with Crippen LogP contribution in [0.25, 0.3) is 16.6 Å². The molecule has 0 aliphatic rings. The summed E-state index contributed by atoms with van der Waals surface area (Å²) in [6.07, 6.45) is 3.43. The second kappa shape index (κ2) is 2.93. The van der Waals surface area contributed by atoms with Crippen LogP contribution < -0.4 is 5.73 Å². The number of rotatable bonds is 0. The fraction of sp³-hybridized carbons (Fsp3) is 0. The van der Waals surface area contributed by atoms with Gasteiger partial charge in [-0.15, -0.1) is 0 Å². The molecular weight excluding hydrogens is 256 g/mol. The second-order valence-electron chi connectivity index (χ2n) is 3.21. The number of hydrogen-bond acceptors (Lipinski definition) is 3. The van der Waals surface area contributed by atoms with Crippen LogP contribution in [0.4, 0.5) is 5.95 Å². The first-order chi connectivity index (χ1) is 7.29. The van der Waals surface area contributed by atoms with Crippen LogP contribution in [0, 0.1) is 0 Å². The van der Waals surface area contributed by atoms with Crippen LogP contribution in [0.15, 0.2) is 35.1 Å². The molecule has 4 nitrogen and oxygen atoms in total. The molecule has 3 aromatic heterocycles. The molecule has 0 saturated heterocycles. The van der Waals surface area contributed by atoms with Crippen LogP contribution >= 0.6 is 15.9 Å². The van der Waals surface area contributed by atoms with Crippen molar-refractivity contribution in [3.63, 3.8) is 0 Å². The Kier molecular flexibility index (Phi) is 1.70. The highest BCUT2D eigenvalue weighted by Gasteiger charge is 2.11. The van der Waals surface area contributed by atoms with E-state index in [2.05, 4.69) is 25.9 Å². The quantitative estimate of drug-likeness (QED) is 0.676. The lowest BCUT2D eigenvalue weighted by molar-refractivity contribution is 1.12. The minimum absolute atomic E-state index is 0.446. The molecule has 0 aliphatic carbocycles. The molecule has 3 rings (SSSR count). The number of aromatic nitrogens is 3. The Hall–Kier alpha value is -1.62. The van der Waals surface area contributed by atoms with Crippen molar-refractivity contribution < 1.29 is 0 Å². The Morgan fingerprint density at radius 1 is 1.20 bits per heavy atom. The van der Waals surface area contributed by atoms with Crippen LogP contribution in [-0.4, -0.2) is 14.4 Å². The highest BCUT2D eigenvalue weighted by atomic mass is 79.9. The lowest BCUT2D eigenvalue weighted by atomic mass is 10.3. The summed E-state index contributed by atoms with van der Waals surface area (Å²) >= 11 is 3.54. The summed E-state index contributed by atoms with van der Waals surface area (Å²) in [7, 11) is 0. The van der Waals surface area contributed by atoms with Gasteiger partial charge >= 0.3 is 0 Å². The number of nitrogen functional groups attached to an aromatic ring is 1. The highest BCUT2D eigenvalue weighted by Crippen LogP contribution is 2.30. The van der Waals surface area contributed by atoms with Crippen molar-refractivity contribution >= 4 is 38.4 Å². The smallest absolute Gasteiger partial charge is 0.206 e. The molecule has 74 valence electrons. The Balaban J connectivity index is 2.70. The molecule has 15 heavy (non-hydrogen) atoms. The zero-order valence-electron chi connectivity index (χ0n) is 7.68. The molecule has 2 N–H and O–H groups in total. The summed E-state index contributed by atoms with van der Waals surface area (Å²) in [5, 5.41) is 1.04. The molecule has 0 fully saturated rings. The number of halogens is 1. The summed E-state index contributed by atoms with van der Waals surface area (Å²) in [5.74, 6) is 0.446. The molecule has 0 amide bonds. The molecule has 0 unspecified atom stereocenters. The number of hydrogen-bond donors (Lipinski definition) is 1. The van der Waals surface area contributed by atoms with Crippen molar-refractivity contribution in [3.8, 4) is 0 Å². The third-order valence-electron chi connectivity index (χ3n) is 2.37. The summed E-state index contributed by atoms with van der Waals surface area (Å²) in [4.78, 5) is 8.35. The van der Waals surface area contributed by atoms with Crippen molar-refractivity contribution in [3.05, 3.63) is 35.1 Å². The van der Waals surface area contributed by atoms with Gasteiger partial charge in [0.15, 0.2) is 0 Å². The molecule has 0 bridgehead atoms. The first-order valence-electron chi connectivity index (χ1n) is 4.44. The summed E-state index contributed by atoms with van der Waals surface area (Å²) < 4.78 is 2.83. The average molecular weight is 263 g/mol. The van der Waals surface area contributed by atoms with E-state index in [1.54, 1.807) is 12.4 Å². The van der Waals surface area contributed by atoms with Gasteiger partial charge in [-0.1, -0.05) is 0 Å². The minimum atomic E-state index is 0.446. The van der Waals surface area contributed by atoms with E-state index >= 15 is 0 Å². The van der Waals surface area contributed by atoms with Gasteiger partial charge < -0.3 is 5.73 Å². The molecule has 5 heteroatoms. The average Bonchev–Trinajstić information content (AvgIpc) is 2.55. The van der Waals surface area contributed by atoms with Gasteiger partial charge in [0, 0.05) is 17.8 Å². The Bertz CT molecular complexity index is 659. The maximum atomic E-state index is 5.83. The van der Waals surface area contributed by atoms with Gasteiger partial charge in [0.25, 0.3) is 0 Å². The Labute approximate surface area is 93.9 Å². The van der Waals surface area contributed by atoms with Crippen molar-refractivity contribution in [2.24, 2.45) is 0 Å². The molecule has 3 aromatic rings. The van der Waals surface area contributed by atoms with E-state index in [1.165, 1.54) is 0 Å². The molecule has 0 radical (unpaired) electrons. The number of anilines is 1.